The summed E-state index contributed by atoms with van der Waals surface area (Å²) in [7, 11) is 1.95. The van der Waals surface area contributed by atoms with Crippen molar-refractivity contribution in [2.75, 3.05) is 0 Å². The molecule has 0 aliphatic heterocycles. The van der Waals surface area contributed by atoms with Crippen molar-refractivity contribution >= 4 is 0 Å². The molecule has 3 N–H and O–H groups in total. The molecule has 19 heavy (non-hydrogen) atoms. The summed E-state index contributed by atoms with van der Waals surface area (Å²) in [5.74, 6) is 5.68. The maximum Gasteiger partial charge on any atom is 0.0638 e. The van der Waals surface area contributed by atoms with Gasteiger partial charge in [-0.05, 0) is 43.9 Å². The van der Waals surface area contributed by atoms with E-state index in [0.717, 1.165) is 18.5 Å². The number of rotatable bonds is 5. The molecule has 2 aromatic rings. The van der Waals surface area contributed by atoms with Crippen LogP contribution in [-0.4, -0.2) is 14.8 Å². The van der Waals surface area contributed by atoms with Gasteiger partial charge < -0.3 is 0 Å². The van der Waals surface area contributed by atoms with Crippen LogP contribution in [0.4, 0.5) is 0 Å². The zero-order valence-electron chi connectivity index (χ0n) is 11.7. The Bertz CT molecular complexity index is 547. The van der Waals surface area contributed by atoms with Gasteiger partial charge in [0.25, 0.3) is 0 Å². The van der Waals surface area contributed by atoms with Crippen molar-refractivity contribution in [1.82, 2.24) is 20.2 Å². The van der Waals surface area contributed by atoms with E-state index in [1.807, 2.05) is 37.1 Å². The van der Waals surface area contributed by atoms with E-state index in [-0.39, 0.29) is 6.04 Å². The lowest BCUT2D eigenvalue weighted by molar-refractivity contribution is 0.493. The van der Waals surface area contributed by atoms with Gasteiger partial charge in [0, 0.05) is 25.1 Å². The maximum atomic E-state index is 5.68. The third-order valence-electron chi connectivity index (χ3n) is 3.40. The molecule has 0 amide bonds. The molecule has 2 rings (SSSR count). The van der Waals surface area contributed by atoms with Gasteiger partial charge in [-0.3, -0.25) is 20.9 Å². The van der Waals surface area contributed by atoms with Crippen molar-refractivity contribution in [2.45, 2.75) is 32.7 Å². The Morgan fingerprint density at radius 1 is 1.42 bits per heavy atom. The fourth-order valence-electron chi connectivity index (χ4n) is 2.33. The molecule has 5 heteroatoms. The summed E-state index contributed by atoms with van der Waals surface area (Å²) in [6.45, 7) is 4.12. The average molecular weight is 259 g/mol. The molecule has 0 aliphatic rings. The molecular formula is C14H21N5. The van der Waals surface area contributed by atoms with Crippen LogP contribution in [0.25, 0.3) is 0 Å². The smallest absolute Gasteiger partial charge is 0.0638 e. The van der Waals surface area contributed by atoms with Crippen LogP contribution >= 0.6 is 0 Å². The molecular weight excluding hydrogens is 238 g/mol. The van der Waals surface area contributed by atoms with Gasteiger partial charge in [-0.1, -0.05) is 6.07 Å². The van der Waals surface area contributed by atoms with Crippen molar-refractivity contribution in [3.05, 3.63) is 47.0 Å². The van der Waals surface area contributed by atoms with E-state index in [1.54, 1.807) is 0 Å². The molecule has 0 saturated heterocycles. The number of aryl methyl sites for hydroxylation is 4. The van der Waals surface area contributed by atoms with Crippen LogP contribution in [-0.2, 0) is 13.5 Å². The zero-order valence-corrected chi connectivity index (χ0v) is 11.7. The fourth-order valence-corrected chi connectivity index (χ4v) is 2.33. The monoisotopic (exact) mass is 259 g/mol. The van der Waals surface area contributed by atoms with Gasteiger partial charge in [0.2, 0.25) is 0 Å². The first-order valence-electron chi connectivity index (χ1n) is 6.48. The Balaban J connectivity index is 2.10. The molecule has 1 unspecified atom stereocenters. The third-order valence-corrected chi connectivity index (χ3v) is 3.40. The topological polar surface area (TPSA) is 68.8 Å². The second kappa shape index (κ2) is 5.95. The van der Waals surface area contributed by atoms with Gasteiger partial charge in [-0.2, -0.15) is 5.10 Å². The molecule has 0 bridgehead atoms. The summed E-state index contributed by atoms with van der Waals surface area (Å²) >= 11 is 0. The quantitative estimate of drug-likeness (QED) is 0.631. The molecule has 2 heterocycles. The molecule has 1 atom stereocenters. The van der Waals surface area contributed by atoms with E-state index in [9.17, 15) is 0 Å². The van der Waals surface area contributed by atoms with E-state index < -0.39 is 0 Å². The van der Waals surface area contributed by atoms with Crippen LogP contribution in [0.3, 0.4) is 0 Å². The summed E-state index contributed by atoms with van der Waals surface area (Å²) in [5, 5.41) is 4.17. The lowest BCUT2D eigenvalue weighted by Gasteiger charge is -2.17. The largest absolute Gasteiger partial charge is 0.273 e. The standard InChI is InChI=1S/C14H21N5/c1-10-8-11(2)14(16-9-10)13(18-15)5-4-12-6-7-17-19(12)3/h6-9,13,18H,4-5,15H2,1-3H3. The molecule has 0 spiro atoms. The van der Waals surface area contributed by atoms with Crippen LogP contribution in [0.15, 0.2) is 24.5 Å². The number of aromatic nitrogens is 3. The second-order valence-electron chi connectivity index (χ2n) is 4.92. The first kappa shape index (κ1) is 13.7. The molecule has 0 aromatic carbocycles. The number of pyridine rings is 1. The molecule has 0 saturated carbocycles. The Kier molecular flexibility index (Phi) is 4.29. The number of hydrazine groups is 1. The minimum atomic E-state index is 0.0653. The fraction of sp³-hybridized carbons (Fsp3) is 0.429. The van der Waals surface area contributed by atoms with Crippen molar-refractivity contribution in [3.63, 3.8) is 0 Å². The normalized spacial score (nSPS) is 12.6. The number of hydrogen-bond donors (Lipinski definition) is 2. The Morgan fingerprint density at radius 3 is 2.79 bits per heavy atom. The lowest BCUT2D eigenvalue weighted by atomic mass is 10.0. The lowest BCUT2D eigenvalue weighted by Crippen LogP contribution is -2.30. The van der Waals surface area contributed by atoms with Gasteiger partial charge in [0.05, 0.1) is 11.7 Å². The number of hydrogen-bond acceptors (Lipinski definition) is 4. The highest BCUT2D eigenvalue weighted by Gasteiger charge is 2.14. The molecule has 5 nitrogen and oxygen atoms in total. The summed E-state index contributed by atoms with van der Waals surface area (Å²) in [6, 6.07) is 4.23. The van der Waals surface area contributed by atoms with Gasteiger partial charge >= 0.3 is 0 Å². The summed E-state index contributed by atoms with van der Waals surface area (Å²) in [6.07, 6.45) is 5.51. The van der Waals surface area contributed by atoms with E-state index in [2.05, 4.69) is 28.5 Å². The first-order chi connectivity index (χ1) is 9.11. The highest BCUT2D eigenvalue weighted by molar-refractivity contribution is 5.25. The van der Waals surface area contributed by atoms with Gasteiger partial charge in [0.15, 0.2) is 0 Å². The van der Waals surface area contributed by atoms with Crippen LogP contribution in [0.5, 0.6) is 0 Å². The molecule has 0 radical (unpaired) electrons. The van der Waals surface area contributed by atoms with Gasteiger partial charge in [0.1, 0.15) is 0 Å². The average Bonchev–Trinajstić information content (AvgIpc) is 2.78. The predicted octanol–water partition coefficient (Wildman–Crippen LogP) is 1.57. The Morgan fingerprint density at radius 2 is 2.21 bits per heavy atom. The highest BCUT2D eigenvalue weighted by atomic mass is 15.3. The van der Waals surface area contributed by atoms with E-state index >= 15 is 0 Å². The minimum Gasteiger partial charge on any atom is -0.273 e. The van der Waals surface area contributed by atoms with Crippen molar-refractivity contribution in [3.8, 4) is 0 Å². The van der Waals surface area contributed by atoms with Crippen LogP contribution in [0, 0.1) is 13.8 Å². The summed E-state index contributed by atoms with van der Waals surface area (Å²) in [4.78, 5) is 4.51. The number of nitrogens with zero attached hydrogens (tertiary/aromatic N) is 3. The van der Waals surface area contributed by atoms with Gasteiger partial charge in [-0.15, -0.1) is 0 Å². The van der Waals surface area contributed by atoms with Crippen molar-refractivity contribution < 1.29 is 0 Å². The maximum absolute atomic E-state index is 5.68. The van der Waals surface area contributed by atoms with Crippen LogP contribution < -0.4 is 11.3 Å². The van der Waals surface area contributed by atoms with E-state index in [0.29, 0.717) is 0 Å². The number of nitrogens with two attached hydrogens (primary N) is 1. The SMILES string of the molecule is Cc1cnc(C(CCc2ccnn2C)NN)c(C)c1. The molecule has 2 aromatic heterocycles. The summed E-state index contributed by atoms with van der Waals surface area (Å²) < 4.78 is 1.89. The zero-order chi connectivity index (χ0) is 13.8. The molecule has 102 valence electrons. The highest BCUT2D eigenvalue weighted by Crippen LogP contribution is 2.20. The minimum absolute atomic E-state index is 0.0653. The Hall–Kier alpha value is -1.72. The predicted molar refractivity (Wildman–Crippen MR) is 75.3 cm³/mol. The van der Waals surface area contributed by atoms with Crippen LogP contribution in [0.1, 0.15) is 35.0 Å². The van der Waals surface area contributed by atoms with Crippen molar-refractivity contribution in [2.24, 2.45) is 12.9 Å². The first-order valence-corrected chi connectivity index (χ1v) is 6.48. The van der Waals surface area contributed by atoms with E-state index in [4.69, 9.17) is 5.84 Å². The second-order valence-corrected chi connectivity index (χ2v) is 4.92. The van der Waals surface area contributed by atoms with E-state index in [1.165, 1.54) is 16.8 Å². The van der Waals surface area contributed by atoms with Crippen LogP contribution in [0.2, 0.25) is 0 Å². The molecule has 0 fully saturated rings. The Labute approximate surface area is 113 Å². The number of nitrogens with one attached hydrogen (secondary N) is 1. The molecule has 0 aliphatic carbocycles. The third kappa shape index (κ3) is 3.19. The summed E-state index contributed by atoms with van der Waals surface area (Å²) in [5.41, 5.74) is 7.43. The van der Waals surface area contributed by atoms with Gasteiger partial charge in [-0.25, -0.2) is 0 Å². The van der Waals surface area contributed by atoms with Crippen molar-refractivity contribution in [1.29, 1.82) is 0 Å².